The number of carbonyl (C=O) groups is 2. The fourth-order valence-electron chi connectivity index (χ4n) is 7.16. The molecule has 3 atom stereocenters. The third kappa shape index (κ3) is 42.0. The van der Waals surface area contributed by atoms with Gasteiger partial charge in [0.25, 0.3) is 0 Å². The summed E-state index contributed by atoms with van der Waals surface area (Å²) in [5.41, 5.74) is 0. The quantitative estimate of drug-likeness (QED) is 0.0323. The zero-order chi connectivity index (χ0) is 43.8. The molecular weight excluding hydrogens is 743 g/mol. The Morgan fingerprint density at radius 1 is 0.483 bits per heavy atom. The number of hydrogen-bond donors (Lipinski definition) is 3. The molecule has 0 aromatic heterocycles. The van der Waals surface area contributed by atoms with Crippen molar-refractivity contribution in [3.8, 4) is 0 Å². The molecule has 3 unspecified atom stereocenters. The highest BCUT2D eigenvalue weighted by Crippen LogP contribution is 2.17. The minimum atomic E-state index is -0.802. The third-order valence-electron chi connectivity index (χ3n) is 11.0. The summed E-state index contributed by atoms with van der Waals surface area (Å²) in [6.45, 7) is 6.39. The van der Waals surface area contributed by atoms with E-state index in [0.717, 1.165) is 83.5 Å². The van der Waals surface area contributed by atoms with Gasteiger partial charge < -0.3 is 20.3 Å². The van der Waals surface area contributed by atoms with Crippen LogP contribution >= 0.6 is 0 Å². The van der Waals surface area contributed by atoms with Gasteiger partial charge in [0.1, 0.15) is 6.10 Å². The summed E-state index contributed by atoms with van der Waals surface area (Å²) in [5, 5.41) is 23.6. The molecule has 0 fully saturated rings. The first-order chi connectivity index (χ1) is 29.5. The first-order valence-corrected chi connectivity index (χ1v) is 25.2. The number of aliphatic hydroxyl groups excluding tert-OH is 2. The second-order valence-corrected chi connectivity index (χ2v) is 16.9. The van der Waals surface area contributed by atoms with Gasteiger partial charge in [0.05, 0.1) is 25.2 Å². The van der Waals surface area contributed by atoms with Crippen molar-refractivity contribution in [2.75, 3.05) is 6.61 Å². The predicted molar refractivity (Wildman–Crippen MR) is 259 cm³/mol. The lowest BCUT2D eigenvalue weighted by Crippen LogP contribution is -2.46. The lowest BCUT2D eigenvalue weighted by Gasteiger charge is -2.24. The van der Waals surface area contributed by atoms with E-state index >= 15 is 0 Å². The van der Waals surface area contributed by atoms with Gasteiger partial charge in [-0.1, -0.05) is 196 Å². The summed E-state index contributed by atoms with van der Waals surface area (Å²) >= 11 is 0. The van der Waals surface area contributed by atoms with Crippen molar-refractivity contribution in [1.29, 1.82) is 0 Å². The van der Waals surface area contributed by atoms with Gasteiger partial charge in [-0.05, 0) is 96.3 Å². The average Bonchev–Trinajstić information content (AvgIpc) is 3.24. The largest absolute Gasteiger partial charge is 0.462 e. The first kappa shape index (κ1) is 57.3. The summed E-state index contributed by atoms with van der Waals surface area (Å²) in [6.07, 6.45) is 59.6. The Labute approximate surface area is 371 Å². The molecule has 60 heavy (non-hydrogen) atoms. The van der Waals surface area contributed by atoms with E-state index in [1.165, 1.54) is 96.3 Å². The Bertz CT molecular complexity index is 1120. The van der Waals surface area contributed by atoms with Crippen LogP contribution in [0.1, 0.15) is 233 Å². The maximum Gasteiger partial charge on any atom is 0.306 e. The molecule has 0 aromatic carbocycles. The highest BCUT2D eigenvalue weighted by Gasteiger charge is 2.24. The monoisotopic (exact) mass is 838 g/mol. The smallest absolute Gasteiger partial charge is 0.306 e. The molecule has 0 saturated carbocycles. The van der Waals surface area contributed by atoms with Crippen LogP contribution in [-0.4, -0.2) is 46.9 Å². The zero-order valence-corrected chi connectivity index (χ0v) is 39.3. The predicted octanol–water partition coefficient (Wildman–Crippen LogP) is 15.0. The van der Waals surface area contributed by atoms with Gasteiger partial charge in [-0.2, -0.15) is 0 Å². The number of carbonyl (C=O) groups excluding carboxylic acids is 2. The van der Waals surface area contributed by atoms with E-state index in [0.29, 0.717) is 25.7 Å². The van der Waals surface area contributed by atoms with Crippen molar-refractivity contribution >= 4 is 11.9 Å². The van der Waals surface area contributed by atoms with E-state index in [1.807, 2.05) is 0 Å². The van der Waals surface area contributed by atoms with E-state index in [1.54, 1.807) is 0 Å². The molecule has 0 radical (unpaired) electrons. The van der Waals surface area contributed by atoms with Crippen molar-refractivity contribution in [2.45, 2.75) is 251 Å². The minimum Gasteiger partial charge on any atom is -0.462 e. The lowest BCUT2D eigenvalue weighted by atomic mass is 10.0. The molecule has 0 rings (SSSR count). The normalized spacial score (nSPS) is 13.9. The maximum atomic E-state index is 13.2. The lowest BCUT2D eigenvalue weighted by molar-refractivity contribution is -0.151. The van der Waals surface area contributed by atoms with Gasteiger partial charge in [0.2, 0.25) is 5.91 Å². The third-order valence-corrected chi connectivity index (χ3v) is 11.0. The fraction of sp³-hybridized carbons (Fsp3) is 0.741. The summed E-state index contributed by atoms with van der Waals surface area (Å²) in [6, 6.07) is -0.718. The van der Waals surface area contributed by atoms with Crippen LogP contribution in [0.3, 0.4) is 0 Å². The van der Waals surface area contributed by atoms with E-state index in [-0.39, 0.29) is 24.9 Å². The van der Waals surface area contributed by atoms with Crippen LogP contribution in [0.4, 0.5) is 0 Å². The van der Waals surface area contributed by atoms with Crippen LogP contribution < -0.4 is 5.32 Å². The van der Waals surface area contributed by atoms with Gasteiger partial charge >= 0.3 is 5.97 Å². The number of amides is 1. The molecule has 0 aliphatic rings. The van der Waals surface area contributed by atoms with E-state index < -0.39 is 18.2 Å². The molecule has 6 nitrogen and oxygen atoms in total. The molecule has 0 aliphatic heterocycles. The number of allylic oxidation sites excluding steroid dienone is 12. The molecule has 0 bridgehead atoms. The van der Waals surface area contributed by atoms with Crippen molar-refractivity contribution in [3.63, 3.8) is 0 Å². The molecule has 0 aromatic rings. The maximum absolute atomic E-state index is 13.2. The second kappa shape index (κ2) is 47.4. The number of ether oxygens (including phenoxy) is 1. The summed E-state index contributed by atoms with van der Waals surface area (Å²) in [4.78, 5) is 26.1. The van der Waals surface area contributed by atoms with Crippen LogP contribution in [-0.2, 0) is 14.3 Å². The van der Waals surface area contributed by atoms with Crippen molar-refractivity contribution < 1.29 is 24.5 Å². The molecule has 0 heterocycles. The van der Waals surface area contributed by atoms with Gasteiger partial charge in [-0.25, -0.2) is 0 Å². The number of esters is 1. The molecule has 0 saturated heterocycles. The van der Waals surface area contributed by atoms with Crippen molar-refractivity contribution in [1.82, 2.24) is 5.32 Å². The molecule has 6 heteroatoms. The van der Waals surface area contributed by atoms with Crippen LogP contribution in [0.5, 0.6) is 0 Å². The minimum absolute atomic E-state index is 0.0437. The molecule has 1 amide bonds. The Kier molecular flexibility index (Phi) is 45.2. The van der Waals surface area contributed by atoms with Gasteiger partial charge in [0, 0.05) is 6.42 Å². The summed E-state index contributed by atoms with van der Waals surface area (Å²) in [7, 11) is 0. The van der Waals surface area contributed by atoms with Crippen molar-refractivity contribution in [3.05, 3.63) is 72.9 Å². The number of unbranched alkanes of at least 4 members (excludes halogenated alkanes) is 20. The van der Waals surface area contributed by atoms with Gasteiger partial charge in [-0.3, -0.25) is 9.59 Å². The highest BCUT2D eigenvalue weighted by atomic mass is 16.5. The Balaban J connectivity index is 4.71. The summed E-state index contributed by atoms with van der Waals surface area (Å²) < 4.78 is 5.89. The second-order valence-electron chi connectivity index (χ2n) is 16.9. The standard InChI is InChI=1S/C54H95NO5/c1-4-7-10-13-16-19-21-23-25-26-28-30-32-35-38-41-44-47-54(59)60-50(45-42-39-36-34-31-29-27-24-22-20-17-14-11-8-5-2)48-53(58)55-51(49-56)52(57)46-43-40-37-33-18-15-12-9-6-3/h16-17,19-20,23-25,27-28,30,35,38,50-52,56-57H,4-15,18,21-22,26,29,31-34,36-37,39-49H2,1-3H3,(H,55,58)/b19-16-,20-17-,25-23-,27-24-,30-28-,38-35-. The SMILES string of the molecule is CCCCC/C=C\C/C=C\C/C=C\C/C=C\CCCC(=O)OC(CCCCCCC/C=C\C/C=C\CCCCC)CC(=O)NC(CO)C(O)CCCCCCCCCCC. The van der Waals surface area contributed by atoms with Gasteiger partial charge in [-0.15, -0.1) is 0 Å². The molecule has 0 aliphatic carbocycles. The van der Waals surface area contributed by atoms with Crippen LogP contribution in [0.25, 0.3) is 0 Å². The Morgan fingerprint density at radius 2 is 0.850 bits per heavy atom. The molecular formula is C54H95NO5. The summed E-state index contributed by atoms with van der Waals surface area (Å²) in [5.74, 6) is -0.558. The first-order valence-electron chi connectivity index (χ1n) is 25.2. The molecule has 0 spiro atoms. The topological polar surface area (TPSA) is 95.9 Å². The van der Waals surface area contributed by atoms with E-state index in [9.17, 15) is 19.8 Å². The van der Waals surface area contributed by atoms with E-state index in [4.69, 9.17) is 4.74 Å². The number of aliphatic hydroxyl groups is 2. The average molecular weight is 838 g/mol. The molecule has 3 N–H and O–H groups in total. The number of hydrogen-bond acceptors (Lipinski definition) is 5. The van der Waals surface area contributed by atoms with Crippen LogP contribution in [0.2, 0.25) is 0 Å². The highest BCUT2D eigenvalue weighted by molar-refractivity contribution is 5.77. The van der Waals surface area contributed by atoms with Crippen molar-refractivity contribution in [2.24, 2.45) is 0 Å². The number of rotatable bonds is 44. The van der Waals surface area contributed by atoms with Crippen LogP contribution in [0, 0.1) is 0 Å². The Morgan fingerprint density at radius 3 is 1.32 bits per heavy atom. The van der Waals surface area contributed by atoms with Crippen LogP contribution in [0.15, 0.2) is 72.9 Å². The fourth-order valence-corrected chi connectivity index (χ4v) is 7.16. The number of nitrogens with one attached hydrogen (secondary N) is 1. The molecule has 346 valence electrons. The van der Waals surface area contributed by atoms with E-state index in [2.05, 4.69) is 99.0 Å². The zero-order valence-electron chi connectivity index (χ0n) is 39.3. The Hall–Kier alpha value is -2.70. The van der Waals surface area contributed by atoms with Gasteiger partial charge in [0.15, 0.2) is 0 Å².